The molecule has 7 nitrogen and oxygen atoms in total. The number of ether oxygens (including phenoxy) is 1. The lowest BCUT2D eigenvalue weighted by atomic mass is 9.98. The van der Waals surface area contributed by atoms with E-state index in [2.05, 4.69) is 58.3 Å². The summed E-state index contributed by atoms with van der Waals surface area (Å²) in [6.07, 6.45) is 0.0994. The molecule has 1 aromatic carbocycles. The van der Waals surface area contributed by atoms with Gasteiger partial charge in [-0.3, -0.25) is 9.80 Å². The average molecular weight is 345 g/mol. The van der Waals surface area contributed by atoms with Crippen LogP contribution in [0.1, 0.15) is 17.5 Å². The molecule has 1 aliphatic rings. The summed E-state index contributed by atoms with van der Waals surface area (Å²) in [5.41, 5.74) is 1.29. The molecule has 0 spiro atoms. The molecule has 0 unspecified atom stereocenters. The van der Waals surface area contributed by atoms with Crippen molar-refractivity contribution in [3.05, 3.63) is 41.8 Å². The minimum Gasteiger partial charge on any atom is -0.374 e. The fraction of sp³-hybridized carbons (Fsp3) is 0.556. The molecule has 3 rings (SSSR count). The van der Waals surface area contributed by atoms with Gasteiger partial charge in [0.25, 0.3) is 5.95 Å². The van der Waals surface area contributed by atoms with E-state index in [1.54, 1.807) is 0 Å². The number of anilines is 1. The molecule has 0 radical (unpaired) electrons. The van der Waals surface area contributed by atoms with Gasteiger partial charge >= 0.3 is 0 Å². The zero-order valence-corrected chi connectivity index (χ0v) is 15.4. The Bertz CT molecular complexity index is 660. The first kappa shape index (κ1) is 17.8. The molecule has 2 atom stereocenters. The predicted molar refractivity (Wildman–Crippen MR) is 96.5 cm³/mol. The number of benzene rings is 1. The fourth-order valence-corrected chi connectivity index (χ4v) is 3.23. The monoisotopic (exact) mass is 345 g/mol. The second-order valence-corrected chi connectivity index (χ2v) is 6.82. The van der Waals surface area contributed by atoms with Crippen LogP contribution in [0.5, 0.6) is 0 Å². The Morgan fingerprint density at radius 3 is 2.64 bits per heavy atom. The van der Waals surface area contributed by atoms with Gasteiger partial charge in [-0.15, -0.1) is 0 Å². The number of aromatic nitrogens is 2. The minimum atomic E-state index is 0.0994. The maximum absolute atomic E-state index is 6.11. The smallest absolute Gasteiger partial charge is 0.265 e. The SMILES string of the molecule is CN(Cc1nc(N(C)C)no1)C[C@@H]1OCCN(C)[C@H]1c1ccccc1. The van der Waals surface area contributed by atoms with Crippen LogP contribution in [0.3, 0.4) is 0 Å². The predicted octanol–water partition coefficient (Wildman–Crippen LogP) is 1.64. The zero-order chi connectivity index (χ0) is 17.8. The number of morpholine rings is 1. The highest BCUT2D eigenvalue weighted by Crippen LogP contribution is 2.28. The van der Waals surface area contributed by atoms with E-state index in [0.717, 1.165) is 19.7 Å². The molecule has 0 N–H and O–H groups in total. The standard InChI is InChI=1S/C18H27N5O2/c1-21(2)18-19-16(25-20-18)13-22(3)12-15-17(23(4)10-11-24-15)14-8-6-5-7-9-14/h5-9,15,17H,10-13H2,1-4H3/t15-,17-/m0/s1. The highest BCUT2D eigenvalue weighted by Gasteiger charge is 2.32. The highest BCUT2D eigenvalue weighted by atomic mass is 16.5. The van der Waals surface area contributed by atoms with Crippen LogP contribution in [-0.2, 0) is 11.3 Å². The molecule has 136 valence electrons. The van der Waals surface area contributed by atoms with Crippen LogP contribution < -0.4 is 4.90 Å². The van der Waals surface area contributed by atoms with E-state index in [-0.39, 0.29) is 12.1 Å². The molecule has 0 saturated carbocycles. The van der Waals surface area contributed by atoms with Gasteiger partial charge in [-0.2, -0.15) is 4.98 Å². The lowest BCUT2D eigenvalue weighted by Gasteiger charge is -2.40. The molecule has 2 aromatic rings. The van der Waals surface area contributed by atoms with Crippen molar-refractivity contribution < 1.29 is 9.26 Å². The number of rotatable bonds is 6. The molecule has 0 amide bonds. The number of hydrogen-bond acceptors (Lipinski definition) is 7. The van der Waals surface area contributed by atoms with Crippen LogP contribution in [-0.4, -0.2) is 73.9 Å². The van der Waals surface area contributed by atoms with Gasteiger partial charge in [-0.05, 0) is 24.8 Å². The first-order valence-electron chi connectivity index (χ1n) is 8.60. The quantitative estimate of drug-likeness (QED) is 0.789. The van der Waals surface area contributed by atoms with Crippen molar-refractivity contribution in [1.29, 1.82) is 0 Å². The van der Waals surface area contributed by atoms with E-state index in [1.807, 2.05) is 25.1 Å². The van der Waals surface area contributed by atoms with Crippen LogP contribution in [0.4, 0.5) is 5.95 Å². The Balaban J connectivity index is 1.66. The van der Waals surface area contributed by atoms with Crippen molar-refractivity contribution in [3.8, 4) is 0 Å². The lowest BCUT2D eigenvalue weighted by Crippen LogP contribution is -2.47. The molecule has 0 bridgehead atoms. The molecule has 1 fully saturated rings. The van der Waals surface area contributed by atoms with Gasteiger partial charge in [0.05, 0.1) is 25.3 Å². The maximum atomic E-state index is 6.11. The minimum absolute atomic E-state index is 0.0994. The van der Waals surface area contributed by atoms with Gasteiger partial charge in [0.2, 0.25) is 5.89 Å². The molecule has 1 aliphatic heterocycles. The molecule has 25 heavy (non-hydrogen) atoms. The largest absolute Gasteiger partial charge is 0.374 e. The highest BCUT2D eigenvalue weighted by molar-refractivity contribution is 5.23. The third-order valence-corrected chi connectivity index (χ3v) is 4.50. The van der Waals surface area contributed by atoms with E-state index in [9.17, 15) is 0 Å². The van der Waals surface area contributed by atoms with Gasteiger partial charge in [0.15, 0.2) is 0 Å². The first-order chi connectivity index (χ1) is 12.0. The van der Waals surface area contributed by atoms with Gasteiger partial charge in [-0.25, -0.2) is 0 Å². The topological polar surface area (TPSA) is 57.9 Å². The van der Waals surface area contributed by atoms with Gasteiger partial charge in [0.1, 0.15) is 0 Å². The number of likely N-dealkylation sites (N-methyl/N-ethyl adjacent to an activating group) is 2. The third-order valence-electron chi connectivity index (χ3n) is 4.50. The van der Waals surface area contributed by atoms with Crippen LogP contribution >= 0.6 is 0 Å². The number of nitrogens with zero attached hydrogens (tertiary/aromatic N) is 5. The van der Waals surface area contributed by atoms with Gasteiger partial charge in [-0.1, -0.05) is 30.3 Å². The van der Waals surface area contributed by atoms with Crippen molar-refractivity contribution in [2.75, 3.05) is 52.8 Å². The summed E-state index contributed by atoms with van der Waals surface area (Å²) >= 11 is 0. The maximum Gasteiger partial charge on any atom is 0.265 e. The molecule has 0 aliphatic carbocycles. The van der Waals surface area contributed by atoms with Crippen molar-refractivity contribution in [1.82, 2.24) is 19.9 Å². The molecular formula is C18H27N5O2. The lowest BCUT2D eigenvalue weighted by molar-refractivity contribution is -0.0748. The first-order valence-corrected chi connectivity index (χ1v) is 8.60. The third kappa shape index (κ3) is 4.36. The zero-order valence-electron chi connectivity index (χ0n) is 15.4. The van der Waals surface area contributed by atoms with E-state index >= 15 is 0 Å². The Hall–Kier alpha value is -1.96. The van der Waals surface area contributed by atoms with Crippen molar-refractivity contribution in [3.63, 3.8) is 0 Å². The molecule has 7 heteroatoms. The Labute approximate surface area is 149 Å². The molecule has 1 aromatic heterocycles. The van der Waals surface area contributed by atoms with E-state index in [1.165, 1.54) is 5.56 Å². The second-order valence-electron chi connectivity index (χ2n) is 6.82. The normalized spacial score (nSPS) is 21.6. The Morgan fingerprint density at radius 1 is 1.20 bits per heavy atom. The van der Waals surface area contributed by atoms with E-state index in [4.69, 9.17) is 9.26 Å². The summed E-state index contributed by atoms with van der Waals surface area (Å²) < 4.78 is 11.4. The summed E-state index contributed by atoms with van der Waals surface area (Å²) in [6, 6.07) is 10.8. The fourth-order valence-electron chi connectivity index (χ4n) is 3.23. The van der Waals surface area contributed by atoms with Crippen LogP contribution in [0.2, 0.25) is 0 Å². The summed E-state index contributed by atoms with van der Waals surface area (Å²) in [5, 5.41) is 3.96. The molecular weight excluding hydrogens is 318 g/mol. The van der Waals surface area contributed by atoms with Crippen molar-refractivity contribution in [2.45, 2.75) is 18.7 Å². The average Bonchev–Trinajstić information content (AvgIpc) is 3.04. The van der Waals surface area contributed by atoms with E-state index in [0.29, 0.717) is 18.4 Å². The summed E-state index contributed by atoms with van der Waals surface area (Å²) in [7, 11) is 8.01. The summed E-state index contributed by atoms with van der Waals surface area (Å²) in [4.78, 5) is 10.8. The van der Waals surface area contributed by atoms with Crippen molar-refractivity contribution >= 4 is 5.95 Å². The van der Waals surface area contributed by atoms with Crippen LogP contribution in [0, 0.1) is 0 Å². The van der Waals surface area contributed by atoms with Crippen LogP contribution in [0.25, 0.3) is 0 Å². The van der Waals surface area contributed by atoms with Crippen LogP contribution in [0.15, 0.2) is 34.9 Å². The summed E-state index contributed by atoms with van der Waals surface area (Å²) in [5.74, 6) is 1.21. The Morgan fingerprint density at radius 2 is 1.96 bits per heavy atom. The second kappa shape index (κ2) is 7.95. The van der Waals surface area contributed by atoms with E-state index < -0.39 is 0 Å². The van der Waals surface area contributed by atoms with Gasteiger partial charge < -0.3 is 14.2 Å². The van der Waals surface area contributed by atoms with Crippen molar-refractivity contribution in [2.24, 2.45) is 0 Å². The molecule has 1 saturated heterocycles. The van der Waals surface area contributed by atoms with Gasteiger partial charge in [0, 0.05) is 27.2 Å². The summed E-state index contributed by atoms with van der Waals surface area (Å²) in [6.45, 7) is 3.09. The number of hydrogen-bond donors (Lipinski definition) is 0. The Kier molecular flexibility index (Phi) is 5.67. The molecule has 2 heterocycles.